The van der Waals surface area contributed by atoms with E-state index in [0.29, 0.717) is 13.0 Å². The summed E-state index contributed by atoms with van der Waals surface area (Å²) < 4.78 is 31.4. The van der Waals surface area contributed by atoms with Gasteiger partial charge in [0.2, 0.25) is 15.6 Å². The minimum absolute atomic E-state index is 0.195. The van der Waals surface area contributed by atoms with Crippen molar-refractivity contribution in [3.05, 3.63) is 0 Å². The first-order chi connectivity index (χ1) is 28.1. The lowest BCUT2D eigenvalue weighted by Crippen LogP contribution is -2.67. The van der Waals surface area contributed by atoms with Gasteiger partial charge in [-0.2, -0.15) is 0 Å². The number of hydrogen-bond acceptors (Lipinski definition) is 12. The van der Waals surface area contributed by atoms with E-state index in [-0.39, 0.29) is 12.3 Å². The Bertz CT molecular complexity index is 1240. The number of nitrogens with one attached hydrogen (secondary N) is 3. The molecule has 0 aliphatic carbocycles. The first kappa shape index (κ1) is 54.4. The van der Waals surface area contributed by atoms with Crippen molar-refractivity contribution in [3.8, 4) is 0 Å². The largest absolute Gasteiger partial charge is 0.463 e. The number of amides is 3. The number of esters is 3. The van der Waals surface area contributed by atoms with Gasteiger partial charge in [0.25, 0.3) is 0 Å². The molecule has 15 nitrogen and oxygen atoms in total. The van der Waals surface area contributed by atoms with E-state index in [1.807, 2.05) is 0 Å². The van der Waals surface area contributed by atoms with Gasteiger partial charge in [0.1, 0.15) is 31.4 Å². The third-order valence-electron chi connectivity index (χ3n) is 9.52. The van der Waals surface area contributed by atoms with Crippen molar-refractivity contribution >= 4 is 70.6 Å². The van der Waals surface area contributed by atoms with Crippen LogP contribution in [0.1, 0.15) is 157 Å². The quantitative estimate of drug-likeness (QED) is 0.0267. The molecule has 6 atom stereocenters. The van der Waals surface area contributed by atoms with E-state index < -0.39 is 90.2 Å². The maximum Gasteiger partial charge on any atom is 0.407 e. The lowest BCUT2D eigenvalue weighted by Gasteiger charge is -2.45. The van der Waals surface area contributed by atoms with Gasteiger partial charge in [0, 0.05) is 33.7 Å². The standard InChI is InChI=1S/C41H70Cl3N3O12/c1-6-8-10-12-14-16-18-20-22-24-34(51)46-32(38(52)45-25-23-21-19-17-15-13-11-9-7-2)26-55-39-35(47-40(53)56-28-41(42,43)44)37(58-31(5)50)36(57-30(4)49)33(59-39)27-54-29(3)48/h32-33,35-37,39H,6-28H2,1-5H3,(H,45,52)(H,46,51)(H,47,53)/t32-,33+,35+,36+,37+,39+/m0/s1. The minimum Gasteiger partial charge on any atom is -0.463 e. The monoisotopic (exact) mass is 901 g/mol. The molecule has 1 aliphatic rings. The molecule has 18 heteroatoms. The third kappa shape index (κ3) is 27.1. The molecular weight excluding hydrogens is 833 g/mol. The number of halogens is 3. The number of carbonyl (C=O) groups excluding carboxylic acids is 6. The molecule has 0 aromatic carbocycles. The molecule has 1 saturated heterocycles. The highest BCUT2D eigenvalue weighted by Gasteiger charge is 2.52. The Labute approximate surface area is 366 Å². The van der Waals surface area contributed by atoms with Gasteiger partial charge in [-0.3, -0.25) is 24.0 Å². The van der Waals surface area contributed by atoms with Crippen molar-refractivity contribution < 1.29 is 57.2 Å². The molecule has 0 saturated carbocycles. The van der Waals surface area contributed by atoms with Crippen LogP contribution in [-0.2, 0) is 52.4 Å². The van der Waals surface area contributed by atoms with Gasteiger partial charge >= 0.3 is 24.0 Å². The summed E-state index contributed by atoms with van der Waals surface area (Å²) >= 11 is 17.3. The minimum atomic E-state index is -1.97. The van der Waals surface area contributed by atoms with Crippen molar-refractivity contribution in [2.45, 2.75) is 197 Å². The highest BCUT2D eigenvalue weighted by atomic mass is 35.6. The van der Waals surface area contributed by atoms with E-state index in [2.05, 4.69) is 29.8 Å². The topological polar surface area (TPSA) is 194 Å². The Morgan fingerprint density at radius 3 is 1.68 bits per heavy atom. The smallest absolute Gasteiger partial charge is 0.407 e. The highest BCUT2D eigenvalue weighted by molar-refractivity contribution is 6.67. The molecule has 3 amide bonds. The maximum atomic E-state index is 13.6. The number of ether oxygens (including phenoxy) is 6. The second-order valence-corrected chi connectivity index (χ2v) is 17.5. The van der Waals surface area contributed by atoms with Gasteiger partial charge in [0.15, 0.2) is 18.5 Å². The average Bonchev–Trinajstić information content (AvgIpc) is 3.16. The van der Waals surface area contributed by atoms with Crippen molar-refractivity contribution in [3.63, 3.8) is 0 Å². The molecule has 0 radical (unpaired) electrons. The molecule has 1 heterocycles. The van der Waals surface area contributed by atoms with Crippen LogP contribution in [0.2, 0.25) is 0 Å². The van der Waals surface area contributed by atoms with Crippen molar-refractivity contribution in [2.24, 2.45) is 0 Å². The average molecular weight is 903 g/mol. The van der Waals surface area contributed by atoms with E-state index >= 15 is 0 Å². The normalized spacial score (nSPS) is 19.6. The van der Waals surface area contributed by atoms with Crippen LogP contribution in [0.25, 0.3) is 0 Å². The Morgan fingerprint density at radius 2 is 1.17 bits per heavy atom. The van der Waals surface area contributed by atoms with Crippen LogP contribution in [-0.4, -0.2) is 103 Å². The van der Waals surface area contributed by atoms with E-state index in [0.717, 1.165) is 72.1 Å². The van der Waals surface area contributed by atoms with E-state index in [4.69, 9.17) is 63.2 Å². The number of alkyl halides is 3. The predicted molar refractivity (Wildman–Crippen MR) is 225 cm³/mol. The van der Waals surface area contributed by atoms with Gasteiger partial charge in [-0.1, -0.05) is 151 Å². The van der Waals surface area contributed by atoms with Crippen LogP contribution < -0.4 is 16.0 Å². The van der Waals surface area contributed by atoms with E-state index in [9.17, 15) is 28.8 Å². The molecule has 1 rings (SSSR count). The van der Waals surface area contributed by atoms with Crippen molar-refractivity contribution in [1.82, 2.24) is 16.0 Å². The predicted octanol–water partition coefficient (Wildman–Crippen LogP) is 7.67. The number of hydrogen-bond donors (Lipinski definition) is 3. The van der Waals surface area contributed by atoms with Gasteiger partial charge in [-0.25, -0.2) is 4.79 Å². The summed E-state index contributed by atoms with van der Waals surface area (Å²) in [5.41, 5.74) is 0. The fourth-order valence-corrected chi connectivity index (χ4v) is 6.69. The Balaban J connectivity index is 3.22. The molecule has 0 unspecified atom stereocenters. The second-order valence-electron chi connectivity index (χ2n) is 15.0. The summed E-state index contributed by atoms with van der Waals surface area (Å²) in [6, 6.07) is -2.67. The maximum absolute atomic E-state index is 13.6. The van der Waals surface area contributed by atoms with E-state index in [1.165, 1.54) is 57.8 Å². The number of rotatable bonds is 31. The van der Waals surface area contributed by atoms with Gasteiger partial charge in [-0.05, 0) is 12.8 Å². The first-order valence-electron chi connectivity index (χ1n) is 21.4. The SMILES string of the molecule is CCCCCCCCCCCNC(=O)[C@H](CO[C@@H]1O[C@H](COC(C)=O)[C@@H](OC(C)=O)[C@H](OC(C)=O)[C@H]1NC(=O)OCC(Cl)(Cl)Cl)NC(=O)CCCCCCCCCCC. The van der Waals surface area contributed by atoms with Crippen LogP contribution in [0.15, 0.2) is 0 Å². The second kappa shape index (κ2) is 32.2. The number of alkyl carbamates (subject to hydrolysis) is 1. The fourth-order valence-electron chi connectivity index (χ4n) is 6.53. The molecule has 0 aromatic rings. The highest BCUT2D eigenvalue weighted by Crippen LogP contribution is 2.29. The summed E-state index contributed by atoms with van der Waals surface area (Å²) in [4.78, 5) is 76.2. The number of carbonyl (C=O) groups is 6. The van der Waals surface area contributed by atoms with Gasteiger partial charge < -0.3 is 44.4 Å². The Hall–Kier alpha value is -2.59. The molecule has 59 heavy (non-hydrogen) atoms. The zero-order chi connectivity index (χ0) is 44.1. The molecule has 0 bridgehead atoms. The number of unbranched alkanes of at least 4 members (excludes halogenated alkanes) is 16. The van der Waals surface area contributed by atoms with Gasteiger partial charge in [0.05, 0.1) is 6.61 Å². The van der Waals surface area contributed by atoms with Crippen LogP contribution >= 0.6 is 34.8 Å². The lowest BCUT2D eigenvalue weighted by atomic mass is 9.96. The van der Waals surface area contributed by atoms with Crippen LogP contribution in [0.4, 0.5) is 4.79 Å². The Kier molecular flexibility index (Phi) is 29.7. The molecule has 3 N–H and O–H groups in total. The van der Waals surface area contributed by atoms with Crippen LogP contribution in [0, 0.1) is 0 Å². The molecule has 1 fully saturated rings. The van der Waals surface area contributed by atoms with Crippen molar-refractivity contribution in [1.29, 1.82) is 0 Å². The molecule has 342 valence electrons. The van der Waals surface area contributed by atoms with Crippen LogP contribution in [0.3, 0.4) is 0 Å². The van der Waals surface area contributed by atoms with E-state index in [1.54, 1.807) is 0 Å². The Morgan fingerprint density at radius 1 is 0.661 bits per heavy atom. The van der Waals surface area contributed by atoms with Crippen LogP contribution in [0.5, 0.6) is 0 Å². The molecule has 0 spiro atoms. The summed E-state index contributed by atoms with van der Waals surface area (Å²) in [6.07, 6.45) is 12.9. The molecule has 1 aliphatic heterocycles. The first-order valence-corrected chi connectivity index (χ1v) is 22.5. The molecule has 0 aromatic heterocycles. The third-order valence-corrected chi connectivity index (χ3v) is 9.85. The van der Waals surface area contributed by atoms with Gasteiger partial charge in [-0.15, -0.1) is 0 Å². The fraction of sp³-hybridized carbons (Fsp3) is 0.854. The zero-order valence-corrected chi connectivity index (χ0v) is 38.0. The summed E-state index contributed by atoms with van der Waals surface area (Å²) in [7, 11) is 0. The zero-order valence-electron chi connectivity index (χ0n) is 35.8. The molecular formula is C41H70Cl3N3O12. The summed E-state index contributed by atoms with van der Waals surface area (Å²) in [5, 5.41) is 8.13. The summed E-state index contributed by atoms with van der Waals surface area (Å²) in [6.45, 7) is 6.48. The lowest BCUT2D eigenvalue weighted by molar-refractivity contribution is -0.278. The summed E-state index contributed by atoms with van der Waals surface area (Å²) in [5.74, 6) is -3.18. The van der Waals surface area contributed by atoms with Crippen molar-refractivity contribution in [2.75, 3.05) is 26.4 Å².